The first-order valence-electron chi connectivity index (χ1n) is 5.88. The highest BCUT2D eigenvalue weighted by Crippen LogP contribution is 2.23. The molecule has 1 unspecified atom stereocenters. The van der Waals surface area contributed by atoms with E-state index < -0.39 is 18.0 Å². The molecule has 3 N–H and O–H groups in total. The lowest BCUT2D eigenvalue weighted by atomic mass is 10.0. The number of nitrogens with one attached hydrogen (secondary N) is 2. The Kier molecular flexibility index (Phi) is 4.74. The van der Waals surface area contributed by atoms with E-state index in [-0.39, 0.29) is 5.60 Å². The minimum atomic E-state index is -1.02. The second-order valence-corrected chi connectivity index (χ2v) is 4.53. The average Bonchev–Trinajstić information content (AvgIpc) is 2.70. The van der Waals surface area contributed by atoms with E-state index >= 15 is 0 Å². The lowest BCUT2D eigenvalue weighted by Crippen LogP contribution is -2.49. The monoisotopic (exact) mass is 244 g/mol. The fraction of sp³-hybridized carbons (Fsp3) is 0.818. The Labute approximate surface area is 101 Å². The van der Waals surface area contributed by atoms with E-state index in [1.54, 1.807) is 6.92 Å². The number of carbonyl (C=O) groups is 2. The second kappa shape index (κ2) is 5.86. The minimum absolute atomic E-state index is 0.317. The average molecular weight is 244 g/mol. The van der Waals surface area contributed by atoms with Gasteiger partial charge in [-0.05, 0) is 26.2 Å². The molecule has 1 saturated heterocycles. The summed E-state index contributed by atoms with van der Waals surface area (Å²) >= 11 is 0. The normalized spacial score (nSPS) is 25.3. The number of ether oxygens (including phenoxy) is 1. The number of aliphatic carboxylic acids is 1. The standard InChI is InChI=1S/C11H20N2O4/c1-3-8(9(14)15)13-10(16)12-7-11(2)5-4-6-17-11/h8H,3-7H2,1-2H3,(H,14,15)(H2,12,13,16)/t8-,11?/m1/s1. The number of rotatable bonds is 5. The van der Waals surface area contributed by atoms with Crippen molar-refractivity contribution in [1.29, 1.82) is 0 Å². The smallest absolute Gasteiger partial charge is 0.326 e. The molecule has 1 heterocycles. The van der Waals surface area contributed by atoms with Crippen LogP contribution in [0.5, 0.6) is 0 Å². The van der Waals surface area contributed by atoms with Gasteiger partial charge in [0.2, 0.25) is 0 Å². The summed E-state index contributed by atoms with van der Waals surface area (Å²) in [5, 5.41) is 13.8. The number of hydrogen-bond acceptors (Lipinski definition) is 3. The molecule has 0 aromatic carbocycles. The van der Waals surface area contributed by atoms with Crippen molar-refractivity contribution in [1.82, 2.24) is 10.6 Å². The third kappa shape index (κ3) is 4.22. The molecule has 0 aromatic heterocycles. The molecule has 0 saturated carbocycles. The van der Waals surface area contributed by atoms with Gasteiger partial charge < -0.3 is 20.5 Å². The number of hydrogen-bond donors (Lipinski definition) is 3. The zero-order valence-electron chi connectivity index (χ0n) is 10.3. The molecule has 0 bridgehead atoms. The lowest BCUT2D eigenvalue weighted by Gasteiger charge is -2.24. The molecule has 1 rings (SSSR count). The fourth-order valence-corrected chi connectivity index (χ4v) is 1.79. The summed E-state index contributed by atoms with van der Waals surface area (Å²) in [5.74, 6) is -1.02. The summed E-state index contributed by atoms with van der Waals surface area (Å²) in [7, 11) is 0. The Bertz CT molecular complexity index is 287. The van der Waals surface area contributed by atoms with Gasteiger partial charge in [-0.1, -0.05) is 6.92 Å². The maximum atomic E-state index is 11.5. The molecule has 2 atom stereocenters. The van der Waals surface area contributed by atoms with E-state index in [4.69, 9.17) is 9.84 Å². The first-order valence-corrected chi connectivity index (χ1v) is 5.88. The molecule has 17 heavy (non-hydrogen) atoms. The van der Waals surface area contributed by atoms with E-state index in [9.17, 15) is 9.59 Å². The number of carboxylic acid groups (broad SMARTS) is 1. The predicted molar refractivity (Wildman–Crippen MR) is 61.8 cm³/mol. The van der Waals surface area contributed by atoms with Gasteiger partial charge in [-0.15, -0.1) is 0 Å². The first kappa shape index (κ1) is 13.8. The summed E-state index contributed by atoms with van der Waals surface area (Å²) in [5.41, 5.74) is -0.317. The van der Waals surface area contributed by atoms with E-state index in [0.717, 1.165) is 12.8 Å². The summed E-state index contributed by atoms with van der Waals surface area (Å²) in [4.78, 5) is 22.2. The van der Waals surface area contributed by atoms with Crippen LogP contribution in [-0.4, -0.2) is 41.9 Å². The van der Waals surface area contributed by atoms with Crippen molar-refractivity contribution < 1.29 is 19.4 Å². The summed E-state index contributed by atoms with van der Waals surface area (Å²) in [6.07, 6.45) is 2.26. The topological polar surface area (TPSA) is 87.7 Å². The summed E-state index contributed by atoms with van der Waals surface area (Å²) in [6, 6.07) is -1.30. The van der Waals surface area contributed by atoms with Gasteiger partial charge in [-0.3, -0.25) is 0 Å². The highest BCUT2D eigenvalue weighted by Gasteiger charge is 2.30. The van der Waals surface area contributed by atoms with Crippen molar-refractivity contribution in [2.24, 2.45) is 0 Å². The van der Waals surface area contributed by atoms with E-state index in [1.807, 2.05) is 6.92 Å². The van der Waals surface area contributed by atoms with Crippen LogP contribution in [0.1, 0.15) is 33.1 Å². The highest BCUT2D eigenvalue weighted by atomic mass is 16.5. The van der Waals surface area contributed by atoms with Crippen LogP contribution in [-0.2, 0) is 9.53 Å². The quantitative estimate of drug-likeness (QED) is 0.665. The molecule has 6 heteroatoms. The molecule has 2 amide bonds. The van der Waals surface area contributed by atoms with Crippen LogP contribution >= 0.6 is 0 Å². The number of carboxylic acids is 1. The molecule has 6 nitrogen and oxygen atoms in total. The third-order valence-corrected chi connectivity index (χ3v) is 2.94. The summed E-state index contributed by atoms with van der Waals surface area (Å²) in [6.45, 7) is 4.76. The van der Waals surface area contributed by atoms with Crippen LogP contribution in [0.4, 0.5) is 4.79 Å². The maximum Gasteiger partial charge on any atom is 0.326 e. The van der Waals surface area contributed by atoms with Gasteiger partial charge in [0.15, 0.2) is 0 Å². The molecule has 0 aliphatic carbocycles. The Balaban J connectivity index is 2.31. The van der Waals surface area contributed by atoms with Gasteiger partial charge in [0.25, 0.3) is 0 Å². The van der Waals surface area contributed by atoms with Crippen LogP contribution in [0.3, 0.4) is 0 Å². The van der Waals surface area contributed by atoms with E-state index in [2.05, 4.69) is 10.6 Å². The molecule has 1 aliphatic heterocycles. The maximum absolute atomic E-state index is 11.5. The van der Waals surface area contributed by atoms with Crippen molar-refractivity contribution in [3.63, 3.8) is 0 Å². The molecule has 98 valence electrons. The molecule has 1 fully saturated rings. The van der Waals surface area contributed by atoms with Crippen molar-refractivity contribution in [3.05, 3.63) is 0 Å². The number of urea groups is 1. The van der Waals surface area contributed by atoms with Crippen molar-refractivity contribution in [3.8, 4) is 0 Å². The SMILES string of the molecule is CC[C@@H](NC(=O)NCC1(C)CCCO1)C(=O)O. The van der Waals surface area contributed by atoms with Crippen LogP contribution in [0.25, 0.3) is 0 Å². The van der Waals surface area contributed by atoms with Crippen LogP contribution in [0, 0.1) is 0 Å². The van der Waals surface area contributed by atoms with Crippen LogP contribution in [0.2, 0.25) is 0 Å². The molecular formula is C11H20N2O4. The highest BCUT2D eigenvalue weighted by molar-refractivity contribution is 5.82. The minimum Gasteiger partial charge on any atom is -0.480 e. The number of carbonyl (C=O) groups excluding carboxylic acids is 1. The zero-order chi connectivity index (χ0) is 12.9. The fourth-order valence-electron chi connectivity index (χ4n) is 1.79. The van der Waals surface area contributed by atoms with Gasteiger partial charge in [0, 0.05) is 13.2 Å². The van der Waals surface area contributed by atoms with Crippen LogP contribution in [0.15, 0.2) is 0 Å². The Morgan fingerprint density at radius 2 is 2.24 bits per heavy atom. The third-order valence-electron chi connectivity index (χ3n) is 2.94. The van der Waals surface area contributed by atoms with Crippen molar-refractivity contribution in [2.75, 3.05) is 13.2 Å². The molecular weight excluding hydrogens is 224 g/mol. The van der Waals surface area contributed by atoms with Gasteiger partial charge in [0.05, 0.1) is 5.60 Å². The lowest BCUT2D eigenvalue weighted by molar-refractivity contribution is -0.139. The largest absolute Gasteiger partial charge is 0.480 e. The summed E-state index contributed by atoms with van der Waals surface area (Å²) < 4.78 is 5.51. The molecule has 0 spiro atoms. The van der Waals surface area contributed by atoms with E-state index in [0.29, 0.717) is 19.6 Å². The van der Waals surface area contributed by atoms with Gasteiger partial charge in [-0.25, -0.2) is 9.59 Å². The Morgan fingerprint density at radius 1 is 1.53 bits per heavy atom. The van der Waals surface area contributed by atoms with E-state index in [1.165, 1.54) is 0 Å². The zero-order valence-corrected chi connectivity index (χ0v) is 10.3. The van der Waals surface area contributed by atoms with Crippen molar-refractivity contribution in [2.45, 2.75) is 44.8 Å². The molecule has 0 radical (unpaired) electrons. The van der Waals surface area contributed by atoms with Gasteiger partial charge in [0.1, 0.15) is 6.04 Å². The van der Waals surface area contributed by atoms with Gasteiger partial charge >= 0.3 is 12.0 Å². The van der Waals surface area contributed by atoms with Gasteiger partial charge in [-0.2, -0.15) is 0 Å². The first-order chi connectivity index (χ1) is 7.97. The van der Waals surface area contributed by atoms with Crippen LogP contribution < -0.4 is 10.6 Å². The Morgan fingerprint density at radius 3 is 2.71 bits per heavy atom. The molecule has 0 aromatic rings. The molecule has 1 aliphatic rings. The number of amides is 2. The predicted octanol–water partition coefficient (Wildman–Crippen LogP) is 0.718. The second-order valence-electron chi connectivity index (χ2n) is 4.53. The Hall–Kier alpha value is -1.30. The van der Waals surface area contributed by atoms with Crippen molar-refractivity contribution >= 4 is 12.0 Å².